The van der Waals surface area contributed by atoms with Crippen LogP contribution in [-0.2, 0) is 9.47 Å². The monoisotopic (exact) mass is 216 g/mol. The second-order valence-corrected chi connectivity index (χ2v) is 4.82. The molecule has 2 fully saturated rings. The first-order valence-electron chi connectivity index (χ1n) is 6.17. The van der Waals surface area contributed by atoms with Crippen LogP contribution in [0.5, 0.6) is 0 Å². The summed E-state index contributed by atoms with van der Waals surface area (Å²) in [7, 11) is 0. The van der Waals surface area contributed by atoms with Crippen molar-refractivity contribution in [1.82, 2.24) is 0 Å². The Bertz CT molecular complexity index is 182. The van der Waals surface area contributed by atoms with Gasteiger partial charge in [0.25, 0.3) is 0 Å². The van der Waals surface area contributed by atoms with Crippen molar-refractivity contribution in [2.75, 3.05) is 13.2 Å². The molecule has 2 aliphatic rings. The summed E-state index contributed by atoms with van der Waals surface area (Å²) < 4.78 is 24.4. The zero-order valence-corrected chi connectivity index (χ0v) is 9.45. The third-order valence-electron chi connectivity index (χ3n) is 3.66. The first-order chi connectivity index (χ1) is 7.29. The number of rotatable bonds is 2. The molecular formula is C12H21FO2. The van der Waals surface area contributed by atoms with E-state index in [1.807, 2.05) is 0 Å². The van der Waals surface area contributed by atoms with E-state index in [9.17, 15) is 4.39 Å². The molecule has 1 saturated heterocycles. The summed E-state index contributed by atoms with van der Waals surface area (Å²) in [5.74, 6) is 0.980. The third kappa shape index (κ3) is 2.91. The number of hydrogen-bond donors (Lipinski definition) is 0. The van der Waals surface area contributed by atoms with Crippen molar-refractivity contribution in [3.05, 3.63) is 0 Å². The van der Waals surface area contributed by atoms with E-state index in [1.165, 1.54) is 0 Å². The average Bonchev–Trinajstić information content (AvgIpc) is 2.30. The fourth-order valence-electron chi connectivity index (χ4n) is 2.42. The van der Waals surface area contributed by atoms with Crippen LogP contribution in [0.2, 0.25) is 0 Å². The molecule has 0 bridgehead atoms. The minimum atomic E-state index is -0.590. The van der Waals surface area contributed by atoms with Gasteiger partial charge in [0.2, 0.25) is 0 Å². The van der Waals surface area contributed by atoms with E-state index in [-0.39, 0.29) is 6.29 Å². The number of hydrogen-bond acceptors (Lipinski definition) is 2. The molecule has 1 saturated carbocycles. The molecule has 2 rings (SSSR count). The molecule has 0 radical (unpaired) electrons. The highest BCUT2D eigenvalue weighted by molar-refractivity contribution is 4.76. The topological polar surface area (TPSA) is 18.5 Å². The summed E-state index contributed by atoms with van der Waals surface area (Å²) in [6.07, 6.45) is 3.68. The maximum Gasteiger partial charge on any atom is 0.160 e. The van der Waals surface area contributed by atoms with E-state index in [0.717, 1.165) is 32.5 Å². The molecule has 0 atom stereocenters. The standard InChI is InChI=1S/C12H21FO2/c1-2-9-7-14-12(15-8-9)10-3-5-11(13)6-4-10/h9-12H,2-8H2,1H3/t9-,10-,11-,12-. The Morgan fingerprint density at radius 1 is 1.07 bits per heavy atom. The lowest BCUT2D eigenvalue weighted by atomic mass is 9.87. The average molecular weight is 216 g/mol. The van der Waals surface area contributed by atoms with Gasteiger partial charge in [-0.1, -0.05) is 6.92 Å². The first-order valence-corrected chi connectivity index (χ1v) is 6.17. The minimum absolute atomic E-state index is 0.0553. The minimum Gasteiger partial charge on any atom is -0.352 e. The molecule has 3 heteroatoms. The third-order valence-corrected chi connectivity index (χ3v) is 3.66. The fourth-order valence-corrected chi connectivity index (χ4v) is 2.42. The van der Waals surface area contributed by atoms with Gasteiger partial charge >= 0.3 is 0 Å². The maximum atomic E-state index is 13.0. The molecule has 0 aromatic rings. The van der Waals surface area contributed by atoms with E-state index in [4.69, 9.17) is 9.47 Å². The van der Waals surface area contributed by atoms with Gasteiger partial charge in [-0.05, 0) is 32.1 Å². The highest BCUT2D eigenvalue weighted by Gasteiger charge is 2.31. The zero-order valence-electron chi connectivity index (χ0n) is 9.45. The molecule has 0 unspecified atom stereocenters. The van der Waals surface area contributed by atoms with Gasteiger partial charge in [-0.15, -0.1) is 0 Å². The summed E-state index contributed by atoms with van der Waals surface area (Å²) in [5.41, 5.74) is 0. The summed E-state index contributed by atoms with van der Waals surface area (Å²) in [6, 6.07) is 0. The number of alkyl halides is 1. The lowest BCUT2D eigenvalue weighted by Crippen LogP contribution is -2.38. The Labute approximate surface area is 91.1 Å². The van der Waals surface area contributed by atoms with E-state index >= 15 is 0 Å². The lowest BCUT2D eigenvalue weighted by molar-refractivity contribution is -0.229. The van der Waals surface area contributed by atoms with Crippen LogP contribution < -0.4 is 0 Å². The quantitative estimate of drug-likeness (QED) is 0.706. The molecule has 1 heterocycles. The van der Waals surface area contributed by atoms with E-state index in [1.54, 1.807) is 0 Å². The highest BCUT2D eigenvalue weighted by atomic mass is 19.1. The smallest absolute Gasteiger partial charge is 0.160 e. The predicted octanol–water partition coefficient (Wildman–Crippen LogP) is 2.91. The summed E-state index contributed by atoms with van der Waals surface area (Å²) in [5, 5.41) is 0. The largest absolute Gasteiger partial charge is 0.352 e. The van der Waals surface area contributed by atoms with Gasteiger partial charge in [-0.3, -0.25) is 0 Å². The molecular weight excluding hydrogens is 195 g/mol. The van der Waals surface area contributed by atoms with Gasteiger partial charge in [0.15, 0.2) is 6.29 Å². The molecule has 1 aliphatic carbocycles. The normalized spacial score (nSPS) is 42.8. The van der Waals surface area contributed by atoms with Crippen molar-refractivity contribution in [1.29, 1.82) is 0 Å². The maximum absolute atomic E-state index is 13.0. The summed E-state index contributed by atoms with van der Waals surface area (Å²) in [6.45, 7) is 3.79. The van der Waals surface area contributed by atoms with Crippen molar-refractivity contribution in [3.63, 3.8) is 0 Å². The molecule has 2 nitrogen and oxygen atoms in total. The molecule has 0 N–H and O–H groups in total. The van der Waals surface area contributed by atoms with Crippen LogP contribution >= 0.6 is 0 Å². The Balaban J connectivity index is 1.75. The fraction of sp³-hybridized carbons (Fsp3) is 1.00. The van der Waals surface area contributed by atoms with Crippen molar-refractivity contribution in [2.24, 2.45) is 11.8 Å². The Morgan fingerprint density at radius 2 is 1.67 bits per heavy atom. The van der Waals surface area contributed by atoms with Crippen LogP contribution in [0.3, 0.4) is 0 Å². The SMILES string of the molecule is CC[C@H]1CO[C@H]([C@H]2CC[C@H](F)CC2)OC1. The van der Waals surface area contributed by atoms with Crippen LogP contribution in [0.4, 0.5) is 4.39 Å². The van der Waals surface area contributed by atoms with E-state index < -0.39 is 6.17 Å². The van der Waals surface area contributed by atoms with Gasteiger partial charge < -0.3 is 9.47 Å². The van der Waals surface area contributed by atoms with Crippen molar-refractivity contribution < 1.29 is 13.9 Å². The first kappa shape index (κ1) is 11.3. The summed E-state index contributed by atoms with van der Waals surface area (Å²) in [4.78, 5) is 0. The molecule has 88 valence electrons. The number of halogens is 1. The van der Waals surface area contributed by atoms with Gasteiger partial charge in [-0.25, -0.2) is 4.39 Å². The molecule has 0 aromatic carbocycles. The van der Waals surface area contributed by atoms with Gasteiger partial charge in [-0.2, -0.15) is 0 Å². The highest BCUT2D eigenvalue weighted by Crippen LogP contribution is 2.32. The second kappa shape index (κ2) is 5.26. The van der Waals surface area contributed by atoms with Gasteiger partial charge in [0, 0.05) is 11.8 Å². The van der Waals surface area contributed by atoms with Crippen molar-refractivity contribution in [2.45, 2.75) is 51.5 Å². The lowest BCUT2D eigenvalue weighted by Gasteiger charge is -2.36. The van der Waals surface area contributed by atoms with Crippen LogP contribution in [0.1, 0.15) is 39.0 Å². The Morgan fingerprint density at radius 3 is 2.20 bits per heavy atom. The van der Waals surface area contributed by atoms with Crippen molar-refractivity contribution in [3.8, 4) is 0 Å². The van der Waals surface area contributed by atoms with Crippen LogP contribution in [0.25, 0.3) is 0 Å². The van der Waals surface area contributed by atoms with E-state index in [0.29, 0.717) is 24.7 Å². The van der Waals surface area contributed by atoms with Gasteiger partial charge in [0.1, 0.15) is 6.17 Å². The van der Waals surface area contributed by atoms with Gasteiger partial charge in [0.05, 0.1) is 13.2 Å². The Kier molecular flexibility index (Phi) is 3.98. The summed E-state index contributed by atoms with van der Waals surface area (Å²) >= 11 is 0. The van der Waals surface area contributed by atoms with E-state index in [2.05, 4.69) is 6.92 Å². The predicted molar refractivity (Wildman–Crippen MR) is 56.3 cm³/mol. The van der Waals surface area contributed by atoms with Crippen LogP contribution in [0, 0.1) is 11.8 Å². The molecule has 0 spiro atoms. The van der Waals surface area contributed by atoms with Crippen molar-refractivity contribution >= 4 is 0 Å². The Hall–Kier alpha value is -0.150. The van der Waals surface area contributed by atoms with Crippen LogP contribution in [0.15, 0.2) is 0 Å². The van der Waals surface area contributed by atoms with Crippen LogP contribution in [-0.4, -0.2) is 25.7 Å². The molecule has 0 aromatic heterocycles. The molecule has 15 heavy (non-hydrogen) atoms. The molecule has 1 aliphatic heterocycles. The second-order valence-electron chi connectivity index (χ2n) is 4.82. The molecule has 0 amide bonds. The zero-order chi connectivity index (χ0) is 10.7. The number of ether oxygens (including phenoxy) is 2.